The van der Waals surface area contributed by atoms with E-state index in [1.54, 1.807) is 42.6 Å². The molecular weight excluding hydrogens is 512 g/mol. The number of hydrogen-bond donors (Lipinski definition) is 1. The summed E-state index contributed by atoms with van der Waals surface area (Å²) in [5.41, 5.74) is 1.02. The largest absolute Gasteiger partial charge is 0.404 e. The van der Waals surface area contributed by atoms with Crippen LogP contribution in [0.2, 0.25) is 10.3 Å². The second kappa shape index (κ2) is 11.2. The molecule has 1 unspecified atom stereocenters. The average Bonchev–Trinajstić information content (AvgIpc) is 2.86. The van der Waals surface area contributed by atoms with Crippen molar-refractivity contribution in [1.82, 2.24) is 20.2 Å². The Hall–Kier alpha value is -2.68. The summed E-state index contributed by atoms with van der Waals surface area (Å²) in [5.74, 6) is -0.392. The van der Waals surface area contributed by atoms with Crippen LogP contribution in [0.3, 0.4) is 0 Å². The number of aromatic nitrogens is 2. The van der Waals surface area contributed by atoms with E-state index in [1.165, 1.54) is 17.0 Å². The Morgan fingerprint density at radius 2 is 1.67 bits per heavy atom. The van der Waals surface area contributed by atoms with Crippen LogP contribution in [-0.2, 0) is 11.8 Å². The first kappa shape index (κ1) is 26.4. The first-order chi connectivity index (χ1) is 17.2. The molecule has 1 N–H and O–H groups in total. The highest BCUT2D eigenvalue weighted by molar-refractivity contribution is 6.33. The van der Waals surface area contributed by atoms with Crippen molar-refractivity contribution in [3.63, 3.8) is 0 Å². The lowest BCUT2D eigenvalue weighted by atomic mass is 9.74. The van der Waals surface area contributed by atoms with Gasteiger partial charge < -0.3 is 5.32 Å². The number of likely N-dealkylation sites (tertiary alicyclic amines) is 1. The molecule has 0 saturated carbocycles. The van der Waals surface area contributed by atoms with E-state index in [1.807, 2.05) is 12.1 Å². The van der Waals surface area contributed by atoms with Crippen LogP contribution in [0.1, 0.15) is 34.5 Å². The van der Waals surface area contributed by atoms with E-state index in [2.05, 4.69) is 15.3 Å². The van der Waals surface area contributed by atoms with E-state index in [0.29, 0.717) is 18.4 Å². The molecule has 0 aliphatic carbocycles. The van der Waals surface area contributed by atoms with E-state index in [9.17, 15) is 18.0 Å². The third-order valence-corrected chi connectivity index (χ3v) is 7.05. The van der Waals surface area contributed by atoms with Crippen LogP contribution >= 0.6 is 23.2 Å². The quantitative estimate of drug-likeness (QED) is 0.392. The maximum Gasteiger partial charge on any atom is 0.404 e. The fourth-order valence-electron chi connectivity index (χ4n) is 4.70. The zero-order valence-corrected chi connectivity index (χ0v) is 20.8. The van der Waals surface area contributed by atoms with E-state index in [4.69, 9.17) is 23.2 Å². The van der Waals surface area contributed by atoms with Crippen molar-refractivity contribution in [2.24, 2.45) is 0 Å². The first-order valence-corrected chi connectivity index (χ1v) is 12.3. The Morgan fingerprint density at radius 1 is 1.03 bits per heavy atom. The maximum absolute atomic E-state index is 14.1. The Balaban J connectivity index is 1.52. The summed E-state index contributed by atoms with van der Waals surface area (Å²) in [6.07, 6.45) is -2.01. The fraction of sp³-hybridized carbons (Fsp3) is 0.346. The van der Waals surface area contributed by atoms with Crippen molar-refractivity contribution in [3.05, 3.63) is 94.0 Å². The SMILES string of the molecule is O=C(NCC1(c2ccccn2)CCN(C(Cc2ccccc2)C(F)(F)F)CC1)c1cc(Cl)nc(Cl)c1. The Bertz CT molecular complexity index is 1150. The number of hydrogen-bond acceptors (Lipinski definition) is 4. The van der Waals surface area contributed by atoms with Crippen LogP contribution in [0.25, 0.3) is 0 Å². The van der Waals surface area contributed by atoms with Crippen molar-refractivity contribution in [3.8, 4) is 0 Å². The standard InChI is InChI=1S/C26H25Cl2F3N4O/c27-22-15-19(16-23(28)34-22)24(36)33-17-25(20-8-4-5-11-32-20)9-12-35(13-10-25)21(26(29,30)31)14-18-6-2-1-3-7-18/h1-8,11,15-16,21H,9-10,12-14,17H2,(H,33,36). The molecular formula is C26H25Cl2F3N4O. The van der Waals surface area contributed by atoms with Crippen molar-refractivity contribution < 1.29 is 18.0 Å². The molecule has 0 radical (unpaired) electrons. The lowest BCUT2D eigenvalue weighted by Crippen LogP contribution is -2.55. The number of piperidine rings is 1. The van der Waals surface area contributed by atoms with Gasteiger partial charge in [-0.3, -0.25) is 14.7 Å². The Morgan fingerprint density at radius 3 is 2.25 bits per heavy atom. The van der Waals surface area contributed by atoms with Gasteiger partial charge in [-0.1, -0.05) is 59.6 Å². The van der Waals surface area contributed by atoms with Gasteiger partial charge in [0, 0.05) is 29.4 Å². The summed E-state index contributed by atoms with van der Waals surface area (Å²) >= 11 is 11.8. The second-order valence-corrected chi connectivity index (χ2v) is 9.74. The van der Waals surface area contributed by atoms with Gasteiger partial charge in [0.1, 0.15) is 16.3 Å². The number of carbonyl (C=O) groups excluding carboxylic acids is 1. The Labute approximate surface area is 217 Å². The van der Waals surface area contributed by atoms with E-state index in [-0.39, 0.29) is 41.9 Å². The van der Waals surface area contributed by atoms with Crippen LogP contribution in [0.15, 0.2) is 66.9 Å². The van der Waals surface area contributed by atoms with Crippen molar-refractivity contribution in [1.29, 1.82) is 0 Å². The molecule has 10 heteroatoms. The third kappa shape index (κ3) is 6.35. The minimum absolute atomic E-state index is 0.0945. The Kier molecular flexibility index (Phi) is 8.17. The smallest absolute Gasteiger partial charge is 0.351 e. The summed E-state index contributed by atoms with van der Waals surface area (Å²) in [4.78, 5) is 22.7. The van der Waals surface area contributed by atoms with Crippen LogP contribution in [0.5, 0.6) is 0 Å². The highest BCUT2D eigenvalue weighted by Crippen LogP contribution is 2.37. The number of carbonyl (C=O) groups is 1. The zero-order valence-electron chi connectivity index (χ0n) is 19.3. The number of rotatable bonds is 7. The maximum atomic E-state index is 14.1. The molecule has 36 heavy (non-hydrogen) atoms. The van der Waals surface area contributed by atoms with Crippen LogP contribution in [0, 0.1) is 0 Å². The summed E-state index contributed by atoms with van der Waals surface area (Å²) in [6, 6.07) is 15.4. The predicted octanol–water partition coefficient (Wildman–Crippen LogP) is 5.72. The molecule has 2 aromatic heterocycles. The number of alkyl halides is 3. The van der Waals surface area contributed by atoms with Gasteiger partial charge in [-0.25, -0.2) is 4.98 Å². The number of nitrogens with one attached hydrogen (secondary N) is 1. The molecule has 1 aromatic carbocycles. The zero-order chi connectivity index (χ0) is 25.8. The molecule has 1 aliphatic rings. The van der Waals surface area contributed by atoms with Gasteiger partial charge in [-0.05, 0) is 62.2 Å². The van der Waals surface area contributed by atoms with Gasteiger partial charge in [0.2, 0.25) is 0 Å². The molecule has 0 spiro atoms. The molecule has 190 valence electrons. The topological polar surface area (TPSA) is 58.1 Å². The minimum Gasteiger partial charge on any atom is -0.351 e. The van der Waals surface area contributed by atoms with E-state index >= 15 is 0 Å². The van der Waals surface area contributed by atoms with Crippen molar-refractivity contribution in [2.75, 3.05) is 19.6 Å². The summed E-state index contributed by atoms with van der Waals surface area (Å²) in [5, 5.41) is 3.10. The van der Waals surface area contributed by atoms with Gasteiger partial charge in [0.15, 0.2) is 0 Å². The van der Waals surface area contributed by atoms with Gasteiger partial charge in [-0.15, -0.1) is 0 Å². The first-order valence-electron chi connectivity index (χ1n) is 11.5. The number of halogens is 5. The molecule has 3 heterocycles. The number of pyridine rings is 2. The number of amides is 1. The summed E-state index contributed by atoms with van der Waals surface area (Å²) in [7, 11) is 0. The predicted molar refractivity (Wildman–Crippen MR) is 133 cm³/mol. The van der Waals surface area contributed by atoms with Gasteiger partial charge >= 0.3 is 6.18 Å². The third-order valence-electron chi connectivity index (χ3n) is 6.67. The van der Waals surface area contributed by atoms with Crippen LogP contribution < -0.4 is 5.32 Å². The van der Waals surface area contributed by atoms with E-state index in [0.717, 1.165) is 5.69 Å². The number of benzene rings is 1. The lowest BCUT2D eigenvalue weighted by Gasteiger charge is -2.44. The summed E-state index contributed by atoms with van der Waals surface area (Å²) < 4.78 is 42.2. The lowest BCUT2D eigenvalue weighted by molar-refractivity contribution is -0.187. The van der Waals surface area contributed by atoms with Crippen LogP contribution in [-0.4, -0.2) is 52.6 Å². The second-order valence-electron chi connectivity index (χ2n) is 8.96. The van der Waals surface area contributed by atoms with Crippen LogP contribution in [0.4, 0.5) is 13.2 Å². The molecule has 0 bridgehead atoms. The van der Waals surface area contributed by atoms with Crippen molar-refractivity contribution >= 4 is 29.1 Å². The molecule has 5 nitrogen and oxygen atoms in total. The van der Waals surface area contributed by atoms with Gasteiger partial charge in [-0.2, -0.15) is 13.2 Å². The highest BCUT2D eigenvalue weighted by Gasteiger charge is 2.47. The average molecular weight is 537 g/mol. The molecule has 1 saturated heterocycles. The van der Waals surface area contributed by atoms with Gasteiger partial charge in [0.25, 0.3) is 5.91 Å². The molecule has 3 aromatic rings. The van der Waals surface area contributed by atoms with Crippen molar-refractivity contribution in [2.45, 2.75) is 36.9 Å². The minimum atomic E-state index is -4.37. The molecule has 4 rings (SSSR count). The normalized spacial score (nSPS) is 16.9. The monoisotopic (exact) mass is 536 g/mol. The molecule has 1 aliphatic heterocycles. The van der Waals surface area contributed by atoms with Gasteiger partial charge in [0.05, 0.1) is 0 Å². The molecule has 1 atom stereocenters. The highest BCUT2D eigenvalue weighted by atomic mass is 35.5. The molecule has 1 fully saturated rings. The molecule has 1 amide bonds. The number of nitrogens with zero attached hydrogens (tertiary/aromatic N) is 3. The summed E-state index contributed by atoms with van der Waals surface area (Å²) in [6.45, 7) is 0.649. The van der Waals surface area contributed by atoms with E-state index < -0.39 is 23.5 Å². The fourth-order valence-corrected chi connectivity index (χ4v) is 5.16.